The van der Waals surface area contributed by atoms with Crippen molar-refractivity contribution in [3.8, 4) is 0 Å². The number of halogens is 1. The number of nitrogens with zero attached hydrogens (tertiary/aromatic N) is 1. The maximum absolute atomic E-state index is 13.7. The van der Waals surface area contributed by atoms with Gasteiger partial charge >= 0.3 is 0 Å². The number of carbonyl (C=O) groups is 1. The normalized spacial score (nSPS) is 19.6. The van der Waals surface area contributed by atoms with Gasteiger partial charge in [-0.3, -0.25) is 9.69 Å². The lowest BCUT2D eigenvalue weighted by atomic mass is 10.00. The zero-order valence-electron chi connectivity index (χ0n) is 13.2. The molecule has 1 fully saturated rings. The standard InChI is InChI=1S/C17H25FN2O2/c1-22-12-9-19-17(21)14-6-4-10-20(11-8-14)13-15-5-2-3-7-16(15)18/h2-3,5,7,14H,4,6,8-13H2,1H3,(H,19,21). The molecule has 1 aliphatic heterocycles. The molecule has 0 spiro atoms. The molecule has 1 N–H and O–H groups in total. The van der Waals surface area contributed by atoms with E-state index in [1.165, 1.54) is 6.07 Å². The molecule has 2 rings (SSSR count). The Morgan fingerprint density at radius 1 is 1.36 bits per heavy atom. The molecule has 4 nitrogen and oxygen atoms in total. The third-order valence-corrected chi connectivity index (χ3v) is 4.15. The van der Waals surface area contributed by atoms with Gasteiger partial charge in [-0.1, -0.05) is 18.2 Å². The van der Waals surface area contributed by atoms with Crippen LogP contribution in [0.4, 0.5) is 4.39 Å². The van der Waals surface area contributed by atoms with Crippen LogP contribution in [0, 0.1) is 11.7 Å². The summed E-state index contributed by atoms with van der Waals surface area (Å²) in [6.07, 6.45) is 2.69. The van der Waals surface area contributed by atoms with Crippen LogP contribution in [0.15, 0.2) is 24.3 Å². The number of hydrogen-bond acceptors (Lipinski definition) is 3. The summed E-state index contributed by atoms with van der Waals surface area (Å²) in [7, 11) is 1.62. The van der Waals surface area contributed by atoms with Gasteiger partial charge < -0.3 is 10.1 Å². The number of benzene rings is 1. The Balaban J connectivity index is 1.82. The van der Waals surface area contributed by atoms with Crippen molar-refractivity contribution in [3.05, 3.63) is 35.6 Å². The van der Waals surface area contributed by atoms with E-state index in [0.29, 0.717) is 19.7 Å². The van der Waals surface area contributed by atoms with Crippen LogP contribution in [0.3, 0.4) is 0 Å². The summed E-state index contributed by atoms with van der Waals surface area (Å²) in [5.41, 5.74) is 0.727. The highest BCUT2D eigenvalue weighted by atomic mass is 19.1. The van der Waals surface area contributed by atoms with E-state index in [1.807, 2.05) is 12.1 Å². The average molecular weight is 308 g/mol. The number of methoxy groups -OCH3 is 1. The SMILES string of the molecule is COCCNC(=O)C1CCCN(Cc2ccccc2F)CC1. The van der Waals surface area contributed by atoms with Gasteiger partial charge in [-0.2, -0.15) is 0 Å². The highest BCUT2D eigenvalue weighted by Gasteiger charge is 2.23. The molecule has 1 aromatic carbocycles. The third-order valence-electron chi connectivity index (χ3n) is 4.15. The number of nitrogens with one attached hydrogen (secondary N) is 1. The topological polar surface area (TPSA) is 41.6 Å². The summed E-state index contributed by atoms with van der Waals surface area (Å²) in [6.45, 7) is 3.46. The van der Waals surface area contributed by atoms with Gasteiger partial charge in [0.15, 0.2) is 0 Å². The van der Waals surface area contributed by atoms with Crippen molar-refractivity contribution in [1.82, 2.24) is 10.2 Å². The van der Waals surface area contributed by atoms with Crippen LogP contribution in [0.2, 0.25) is 0 Å². The van der Waals surface area contributed by atoms with Crippen LogP contribution in [-0.2, 0) is 16.1 Å². The van der Waals surface area contributed by atoms with E-state index in [0.717, 1.165) is 37.9 Å². The summed E-state index contributed by atoms with van der Waals surface area (Å²) in [5, 5.41) is 2.91. The van der Waals surface area contributed by atoms with Gasteiger partial charge in [0.05, 0.1) is 6.61 Å². The Morgan fingerprint density at radius 3 is 2.95 bits per heavy atom. The van der Waals surface area contributed by atoms with Crippen molar-refractivity contribution in [3.63, 3.8) is 0 Å². The maximum Gasteiger partial charge on any atom is 0.223 e. The van der Waals surface area contributed by atoms with E-state index >= 15 is 0 Å². The van der Waals surface area contributed by atoms with Crippen LogP contribution in [-0.4, -0.2) is 44.2 Å². The number of likely N-dealkylation sites (tertiary alicyclic amines) is 1. The minimum atomic E-state index is -0.152. The van der Waals surface area contributed by atoms with Crippen LogP contribution in [0.5, 0.6) is 0 Å². The molecule has 0 saturated carbocycles. The first-order valence-electron chi connectivity index (χ1n) is 7.93. The predicted molar refractivity (Wildman–Crippen MR) is 83.9 cm³/mol. The quantitative estimate of drug-likeness (QED) is 0.819. The first kappa shape index (κ1) is 16.9. The maximum atomic E-state index is 13.7. The third kappa shape index (κ3) is 5.07. The van der Waals surface area contributed by atoms with E-state index in [1.54, 1.807) is 13.2 Å². The van der Waals surface area contributed by atoms with Crippen LogP contribution in [0.1, 0.15) is 24.8 Å². The highest BCUT2D eigenvalue weighted by molar-refractivity contribution is 5.78. The average Bonchev–Trinajstić information content (AvgIpc) is 2.75. The molecule has 1 amide bonds. The Hall–Kier alpha value is -1.46. The zero-order chi connectivity index (χ0) is 15.8. The summed E-state index contributed by atoms with van der Waals surface area (Å²) in [5.74, 6) is 0.0212. The Kier molecular flexibility index (Phi) is 6.80. The number of ether oxygens (including phenoxy) is 1. The Labute approximate surface area is 131 Å². The minimum Gasteiger partial charge on any atom is -0.383 e. The summed E-state index contributed by atoms with van der Waals surface area (Å²) < 4.78 is 18.7. The molecule has 0 aromatic heterocycles. The van der Waals surface area contributed by atoms with Crippen molar-refractivity contribution in [2.75, 3.05) is 33.4 Å². The molecule has 1 aliphatic rings. The second-order valence-corrected chi connectivity index (χ2v) is 5.78. The molecule has 122 valence electrons. The molecule has 1 heterocycles. The van der Waals surface area contributed by atoms with Gasteiger partial charge in [0.1, 0.15) is 5.82 Å². The summed E-state index contributed by atoms with van der Waals surface area (Å²) in [6, 6.07) is 6.90. The van der Waals surface area contributed by atoms with Crippen LogP contribution >= 0.6 is 0 Å². The summed E-state index contributed by atoms with van der Waals surface area (Å²) >= 11 is 0. The van der Waals surface area contributed by atoms with Crippen molar-refractivity contribution in [2.45, 2.75) is 25.8 Å². The highest BCUT2D eigenvalue weighted by Crippen LogP contribution is 2.20. The number of rotatable bonds is 6. The van der Waals surface area contributed by atoms with Gasteiger partial charge in [-0.25, -0.2) is 4.39 Å². The van der Waals surface area contributed by atoms with Gasteiger partial charge in [-0.05, 0) is 38.4 Å². The molecule has 1 saturated heterocycles. The van der Waals surface area contributed by atoms with E-state index in [9.17, 15) is 9.18 Å². The molecule has 5 heteroatoms. The lowest BCUT2D eigenvalue weighted by Gasteiger charge is -2.20. The van der Waals surface area contributed by atoms with Gasteiger partial charge in [0, 0.05) is 31.7 Å². The lowest BCUT2D eigenvalue weighted by Crippen LogP contribution is -2.33. The molecule has 1 atom stereocenters. The molecule has 1 unspecified atom stereocenters. The largest absolute Gasteiger partial charge is 0.383 e. The zero-order valence-corrected chi connectivity index (χ0v) is 13.2. The van der Waals surface area contributed by atoms with Crippen molar-refractivity contribution < 1.29 is 13.9 Å². The molecule has 1 aromatic rings. The predicted octanol–water partition coefficient (Wildman–Crippen LogP) is 2.19. The molecule has 0 radical (unpaired) electrons. The molecule has 0 bridgehead atoms. The smallest absolute Gasteiger partial charge is 0.223 e. The van der Waals surface area contributed by atoms with E-state index in [4.69, 9.17) is 4.74 Å². The van der Waals surface area contributed by atoms with Crippen molar-refractivity contribution in [1.29, 1.82) is 0 Å². The fourth-order valence-corrected chi connectivity index (χ4v) is 2.86. The number of amides is 1. The second kappa shape index (κ2) is 8.86. The number of carbonyl (C=O) groups excluding carboxylic acids is 1. The van der Waals surface area contributed by atoms with Crippen LogP contribution in [0.25, 0.3) is 0 Å². The van der Waals surface area contributed by atoms with Gasteiger partial charge in [-0.15, -0.1) is 0 Å². The molecular weight excluding hydrogens is 283 g/mol. The first-order chi connectivity index (χ1) is 10.7. The molecule has 22 heavy (non-hydrogen) atoms. The van der Waals surface area contributed by atoms with Crippen LogP contribution < -0.4 is 5.32 Å². The Morgan fingerprint density at radius 2 is 2.18 bits per heavy atom. The fourth-order valence-electron chi connectivity index (χ4n) is 2.86. The minimum absolute atomic E-state index is 0.0578. The second-order valence-electron chi connectivity index (χ2n) is 5.78. The van der Waals surface area contributed by atoms with Gasteiger partial charge in [0.2, 0.25) is 5.91 Å². The Bertz CT molecular complexity index is 481. The lowest BCUT2D eigenvalue weighted by molar-refractivity contribution is -0.125. The van der Waals surface area contributed by atoms with Crippen molar-refractivity contribution >= 4 is 5.91 Å². The first-order valence-corrected chi connectivity index (χ1v) is 7.93. The van der Waals surface area contributed by atoms with Gasteiger partial charge in [0.25, 0.3) is 0 Å². The van der Waals surface area contributed by atoms with E-state index in [2.05, 4.69) is 10.2 Å². The van der Waals surface area contributed by atoms with E-state index < -0.39 is 0 Å². The summed E-state index contributed by atoms with van der Waals surface area (Å²) in [4.78, 5) is 14.3. The number of hydrogen-bond donors (Lipinski definition) is 1. The monoisotopic (exact) mass is 308 g/mol. The van der Waals surface area contributed by atoms with Crippen molar-refractivity contribution in [2.24, 2.45) is 5.92 Å². The molecule has 0 aliphatic carbocycles. The van der Waals surface area contributed by atoms with E-state index in [-0.39, 0.29) is 17.6 Å². The molecular formula is C17H25FN2O2. The fraction of sp³-hybridized carbons (Fsp3) is 0.588.